The maximum Gasteiger partial charge on any atom is 0.126 e. The van der Waals surface area contributed by atoms with Crippen molar-refractivity contribution in [3.05, 3.63) is 23.9 Å². The number of pyridine rings is 1. The SMILES string of the molecule is Nc1ncccc1CC(O)C1CCCCCCC1. The van der Waals surface area contributed by atoms with Gasteiger partial charge in [0.1, 0.15) is 5.82 Å². The van der Waals surface area contributed by atoms with E-state index < -0.39 is 0 Å². The van der Waals surface area contributed by atoms with Crippen LogP contribution in [0.1, 0.15) is 50.5 Å². The maximum atomic E-state index is 10.4. The van der Waals surface area contributed by atoms with Crippen LogP contribution in [0.3, 0.4) is 0 Å². The first-order valence-electron chi connectivity index (χ1n) is 7.15. The van der Waals surface area contributed by atoms with Crippen LogP contribution in [0.4, 0.5) is 5.82 Å². The third kappa shape index (κ3) is 3.70. The summed E-state index contributed by atoms with van der Waals surface area (Å²) in [7, 11) is 0. The summed E-state index contributed by atoms with van der Waals surface area (Å²) < 4.78 is 0. The highest BCUT2D eigenvalue weighted by atomic mass is 16.3. The van der Waals surface area contributed by atoms with Crippen molar-refractivity contribution in [3.63, 3.8) is 0 Å². The van der Waals surface area contributed by atoms with Crippen molar-refractivity contribution in [3.8, 4) is 0 Å². The van der Waals surface area contributed by atoms with Gasteiger partial charge in [0.25, 0.3) is 0 Å². The molecule has 1 atom stereocenters. The molecule has 3 nitrogen and oxygen atoms in total. The van der Waals surface area contributed by atoms with Crippen LogP contribution in [0.15, 0.2) is 18.3 Å². The molecule has 0 aromatic carbocycles. The second kappa shape index (κ2) is 6.74. The first kappa shape index (κ1) is 13.3. The van der Waals surface area contributed by atoms with Gasteiger partial charge >= 0.3 is 0 Å². The van der Waals surface area contributed by atoms with Crippen molar-refractivity contribution in [2.24, 2.45) is 5.92 Å². The maximum absolute atomic E-state index is 10.4. The molecule has 2 rings (SSSR count). The second-order valence-electron chi connectivity index (χ2n) is 5.42. The molecule has 1 aliphatic rings. The second-order valence-corrected chi connectivity index (χ2v) is 5.42. The van der Waals surface area contributed by atoms with Gasteiger partial charge in [0.05, 0.1) is 6.10 Å². The van der Waals surface area contributed by atoms with Crippen molar-refractivity contribution < 1.29 is 5.11 Å². The summed E-state index contributed by atoms with van der Waals surface area (Å²) in [4.78, 5) is 4.08. The van der Waals surface area contributed by atoms with Crippen LogP contribution in [0, 0.1) is 5.92 Å². The van der Waals surface area contributed by atoms with Crippen LogP contribution in [0.25, 0.3) is 0 Å². The summed E-state index contributed by atoms with van der Waals surface area (Å²) >= 11 is 0. The minimum absolute atomic E-state index is 0.269. The normalized spacial score (nSPS) is 20.1. The zero-order chi connectivity index (χ0) is 12.8. The number of nitrogens with two attached hydrogens (primary N) is 1. The molecule has 0 spiro atoms. The van der Waals surface area contributed by atoms with Gasteiger partial charge in [0, 0.05) is 12.6 Å². The third-order valence-corrected chi connectivity index (χ3v) is 4.05. The van der Waals surface area contributed by atoms with Crippen LogP contribution in [0.2, 0.25) is 0 Å². The number of aliphatic hydroxyl groups excluding tert-OH is 1. The third-order valence-electron chi connectivity index (χ3n) is 4.05. The molecule has 1 aliphatic carbocycles. The van der Waals surface area contributed by atoms with Gasteiger partial charge in [-0.1, -0.05) is 38.2 Å². The van der Waals surface area contributed by atoms with Gasteiger partial charge in [0.15, 0.2) is 0 Å². The number of hydrogen-bond donors (Lipinski definition) is 2. The van der Waals surface area contributed by atoms with Gasteiger partial charge in [-0.05, 0) is 30.4 Å². The topological polar surface area (TPSA) is 59.1 Å². The molecule has 3 heteroatoms. The molecule has 1 heterocycles. The van der Waals surface area contributed by atoms with E-state index in [0.717, 1.165) is 18.4 Å². The first-order chi connectivity index (χ1) is 8.77. The van der Waals surface area contributed by atoms with Crippen LogP contribution in [-0.2, 0) is 6.42 Å². The number of hydrogen-bond acceptors (Lipinski definition) is 3. The van der Waals surface area contributed by atoms with Crippen molar-refractivity contribution in [1.82, 2.24) is 4.98 Å². The number of nitrogen functional groups attached to an aromatic ring is 1. The Balaban J connectivity index is 1.93. The number of aliphatic hydroxyl groups is 1. The summed E-state index contributed by atoms with van der Waals surface area (Å²) in [6.45, 7) is 0. The summed E-state index contributed by atoms with van der Waals surface area (Å²) in [5.74, 6) is 0.993. The van der Waals surface area contributed by atoms with Crippen molar-refractivity contribution in [2.75, 3.05) is 5.73 Å². The van der Waals surface area contributed by atoms with Crippen LogP contribution < -0.4 is 5.73 Å². The molecule has 0 saturated heterocycles. The lowest BCUT2D eigenvalue weighted by atomic mass is 9.85. The zero-order valence-corrected chi connectivity index (χ0v) is 11.0. The first-order valence-corrected chi connectivity index (χ1v) is 7.15. The van der Waals surface area contributed by atoms with Crippen LogP contribution in [-0.4, -0.2) is 16.2 Å². The quantitative estimate of drug-likeness (QED) is 0.864. The summed E-state index contributed by atoms with van der Waals surface area (Å²) in [5, 5.41) is 10.4. The van der Waals surface area contributed by atoms with E-state index in [-0.39, 0.29) is 6.10 Å². The lowest BCUT2D eigenvalue weighted by Gasteiger charge is -2.25. The molecule has 1 fully saturated rings. The molecule has 0 aliphatic heterocycles. The highest BCUT2D eigenvalue weighted by Crippen LogP contribution is 2.27. The minimum Gasteiger partial charge on any atom is -0.392 e. The molecule has 1 saturated carbocycles. The average Bonchev–Trinajstić information content (AvgIpc) is 2.31. The summed E-state index contributed by atoms with van der Waals surface area (Å²) in [5.41, 5.74) is 6.81. The van der Waals surface area contributed by atoms with E-state index in [9.17, 15) is 5.11 Å². The molecule has 3 N–H and O–H groups in total. The van der Waals surface area contributed by atoms with Gasteiger partial charge in [-0.25, -0.2) is 4.98 Å². The van der Waals surface area contributed by atoms with Crippen molar-refractivity contribution >= 4 is 5.82 Å². The smallest absolute Gasteiger partial charge is 0.126 e. The van der Waals surface area contributed by atoms with Crippen molar-refractivity contribution in [2.45, 2.75) is 57.5 Å². The van der Waals surface area contributed by atoms with E-state index in [1.54, 1.807) is 6.20 Å². The van der Waals surface area contributed by atoms with E-state index in [4.69, 9.17) is 5.73 Å². The van der Waals surface area contributed by atoms with E-state index in [2.05, 4.69) is 4.98 Å². The molecule has 0 radical (unpaired) electrons. The molecule has 18 heavy (non-hydrogen) atoms. The predicted octanol–water partition coefficient (Wildman–Crippen LogP) is 2.93. The van der Waals surface area contributed by atoms with Gasteiger partial charge in [-0.3, -0.25) is 0 Å². The van der Waals surface area contributed by atoms with E-state index in [0.29, 0.717) is 18.2 Å². The molecule has 1 unspecified atom stereocenters. The highest BCUT2D eigenvalue weighted by Gasteiger charge is 2.21. The Morgan fingerprint density at radius 1 is 1.22 bits per heavy atom. The average molecular weight is 248 g/mol. The fraction of sp³-hybridized carbons (Fsp3) is 0.667. The number of nitrogens with zero attached hydrogens (tertiary/aromatic N) is 1. The van der Waals surface area contributed by atoms with Crippen LogP contribution in [0.5, 0.6) is 0 Å². The Morgan fingerprint density at radius 3 is 2.56 bits per heavy atom. The van der Waals surface area contributed by atoms with E-state index >= 15 is 0 Å². The number of anilines is 1. The highest BCUT2D eigenvalue weighted by molar-refractivity contribution is 5.38. The lowest BCUT2D eigenvalue weighted by Crippen LogP contribution is -2.24. The largest absolute Gasteiger partial charge is 0.392 e. The molecule has 0 amide bonds. The Morgan fingerprint density at radius 2 is 1.89 bits per heavy atom. The van der Waals surface area contributed by atoms with Gasteiger partial charge in [-0.15, -0.1) is 0 Å². The Labute approximate surface area is 109 Å². The van der Waals surface area contributed by atoms with E-state index in [1.165, 1.54) is 32.1 Å². The number of aromatic nitrogens is 1. The Kier molecular flexibility index (Phi) is 5.00. The fourth-order valence-corrected chi connectivity index (χ4v) is 2.89. The fourth-order valence-electron chi connectivity index (χ4n) is 2.89. The molecule has 1 aromatic rings. The lowest BCUT2D eigenvalue weighted by molar-refractivity contribution is 0.0914. The minimum atomic E-state index is -0.269. The molecule has 100 valence electrons. The summed E-state index contributed by atoms with van der Waals surface area (Å²) in [6.07, 6.45) is 10.9. The summed E-state index contributed by atoms with van der Waals surface area (Å²) in [6, 6.07) is 3.85. The van der Waals surface area contributed by atoms with Gasteiger partial charge < -0.3 is 10.8 Å². The predicted molar refractivity (Wildman–Crippen MR) is 74.2 cm³/mol. The number of rotatable bonds is 3. The molecule has 1 aromatic heterocycles. The van der Waals surface area contributed by atoms with Gasteiger partial charge in [0.2, 0.25) is 0 Å². The molecular weight excluding hydrogens is 224 g/mol. The van der Waals surface area contributed by atoms with Gasteiger partial charge in [-0.2, -0.15) is 0 Å². The van der Waals surface area contributed by atoms with Crippen molar-refractivity contribution in [1.29, 1.82) is 0 Å². The monoisotopic (exact) mass is 248 g/mol. The molecule has 0 bridgehead atoms. The van der Waals surface area contributed by atoms with E-state index in [1.807, 2.05) is 12.1 Å². The Bertz CT molecular complexity index is 359. The van der Waals surface area contributed by atoms with Crippen LogP contribution >= 0.6 is 0 Å². The zero-order valence-electron chi connectivity index (χ0n) is 11.0. The standard InChI is InChI=1S/C15H24N2O/c16-15-13(9-6-10-17-15)11-14(18)12-7-4-2-1-3-5-8-12/h6,9-10,12,14,18H,1-5,7-8,11H2,(H2,16,17). The Hall–Kier alpha value is -1.09. The molecular formula is C15H24N2O.